The third-order valence-electron chi connectivity index (χ3n) is 1.92. The third kappa shape index (κ3) is 2.31. The van der Waals surface area contributed by atoms with Crippen molar-refractivity contribution in [1.82, 2.24) is 0 Å². The van der Waals surface area contributed by atoms with E-state index in [1.54, 1.807) is 12.1 Å². The molecule has 2 aromatic rings. The quantitative estimate of drug-likeness (QED) is 0.588. The van der Waals surface area contributed by atoms with Gasteiger partial charge in [0.2, 0.25) is 5.78 Å². The Labute approximate surface area is 109 Å². The lowest BCUT2D eigenvalue weighted by Gasteiger charge is -2.01. The maximum Gasteiger partial charge on any atom is 0.229 e. The second-order valence-corrected chi connectivity index (χ2v) is 5.03. The van der Waals surface area contributed by atoms with E-state index in [1.165, 1.54) is 6.26 Å². The van der Waals surface area contributed by atoms with Crippen molar-refractivity contribution in [2.24, 2.45) is 0 Å². The van der Waals surface area contributed by atoms with Gasteiger partial charge in [-0.3, -0.25) is 4.79 Å². The zero-order valence-corrected chi connectivity index (χ0v) is 11.3. The predicted molar refractivity (Wildman–Crippen MR) is 69.0 cm³/mol. The molecule has 0 saturated heterocycles. The smallest absolute Gasteiger partial charge is 0.229 e. The second kappa shape index (κ2) is 4.49. The number of rotatable bonds is 2. The summed E-state index contributed by atoms with van der Waals surface area (Å²) >= 11 is 5.52. The highest BCUT2D eigenvalue weighted by Gasteiger charge is 2.14. The van der Waals surface area contributed by atoms with Crippen LogP contribution in [0.4, 0.5) is 0 Å². The van der Waals surface area contributed by atoms with Crippen molar-refractivity contribution < 1.29 is 9.21 Å². The van der Waals surface area contributed by atoms with E-state index in [1.807, 2.05) is 18.2 Å². The second-order valence-electron chi connectivity index (χ2n) is 2.93. The summed E-state index contributed by atoms with van der Waals surface area (Å²) in [6.07, 6.45) is 1.50. The summed E-state index contributed by atoms with van der Waals surface area (Å²) < 4.78 is 6.87. The van der Waals surface area contributed by atoms with Gasteiger partial charge >= 0.3 is 0 Å². The molecule has 0 bridgehead atoms. The molecule has 0 spiro atoms. The molecule has 1 heterocycles. The molecule has 0 unspecified atom stereocenters. The summed E-state index contributed by atoms with van der Waals surface area (Å²) in [5.74, 6) is 0.253. The minimum Gasteiger partial charge on any atom is -0.461 e. The minimum atomic E-state index is -0.106. The molecular weight excluding hydrogens is 371 g/mol. The zero-order chi connectivity index (χ0) is 10.8. The molecule has 0 atom stereocenters. The first-order chi connectivity index (χ1) is 7.18. The van der Waals surface area contributed by atoms with Gasteiger partial charge in [0.1, 0.15) is 0 Å². The summed E-state index contributed by atoms with van der Waals surface area (Å²) in [6.45, 7) is 0. The van der Waals surface area contributed by atoms with Crippen LogP contribution in [0.15, 0.2) is 45.5 Å². The highest BCUT2D eigenvalue weighted by Crippen LogP contribution is 2.22. The number of hydrogen-bond donors (Lipinski definition) is 0. The fourth-order valence-electron chi connectivity index (χ4n) is 1.21. The Balaban J connectivity index is 2.46. The lowest BCUT2D eigenvalue weighted by molar-refractivity contribution is 0.101. The zero-order valence-electron chi connectivity index (χ0n) is 7.54. The van der Waals surface area contributed by atoms with Crippen LogP contribution in [-0.2, 0) is 0 Å². The van der Waals surface area contributed by atoms with Gasteiger partial charge < -0.3 is 4.42 Å². The molecule has 1 aromatic heterocycles. The third-order valence-corrected chi connectivity index (χ3v) is 3.28. The fraction of sp³-hybridized carbons (Fsp3) is 0. The summed E-state index contributed by atoms with van der Waals surface area (Å²) in [5, 5.41) is 0. The Morgan fingerprint density at radius 2 is 2.13 bits per heavy atom. The van der Waals surface area contributed by atoms with Gasteiger partial charge in [-0.05, 0) is 52.9 Å². The van der Waals surface area contributed by atoms with E-state index in [0.717, 1.165) is 8.04 Å². The molecule has 15 heavy (non-hydrogen) atoms. The van der Waals surface area contributed by atoms with Crippen LogP contribution in [0.2, 0.25) is 0 Å². The van der Waals surface area contributed by atoms with Gasteiger partial charge in [0.05, 0.1) is 6.26 Å². The van der Waals surface area contributed by atoms with E-state index in [0.29, 0.717) is 11.3 Å². The molecule has 0 aliphatic carbocycles. The lowest BCUT2D eigenvalue weighted by Crippen LogP contribution is -2.01. The van der Waals surface area contributed by atoms with Crippen molar-refractivity contribution in [3.63, 3.8) is 0 Å². The molecule has 0 amide bonds. The number of carbonyl (C=O) groups excluding carboxylic acids is 1. The first-order valence-corrected chi connectivity index (χ1v) is 6.09. The van der Waals surface area contributed by atoms with Crippen LogP contribution in [0.1, 0.15) is 16.1 Å². The number of hydrogen-bond acceptors (Lipinski definition) is 2. The molecular formula is C11H6BrIO2. The molecule has 0 aliphatic heterocycles. The van der Waals surface area contributed by atoms with Crippen LogP contribution >= 0.6 is 38.5 Å². The first-order valence-electron chi connectivity index (χ1n) is 4.22. The van der Waals surface area contributed by atoms with Crippen molar-refractivity contribution >= 4 is 44.3 Å². The Hall–Kier alpha value is -0.620. The minimum absolute atomic E-state index is 0.106. The molecule has 0 fully saturated rings. The number of furan rings is 1. The van der Waals surface area contributed by atoms with E-state index in [-0.39, 0.29) is 5.78 Å². The number of benzene rings is 1. The van der Waals surface area contributed by atoms with Gasteiger partial charge in [-0.1, -0.05) is 15.9 Å². The summed E-state index contributed by atoms with van der Waals surface area (Å²) in [4.78, 5) is 12.0. The van der Waals surface area contributed by atoms with Crippen molar-refractivity contribution in [1.29, 1.82) is 0 Å². The molecule has 76 valence electrons. The van der Waals surface area contributed by atoms with E-state index in [9.17, 15) is 4.79 Å². The number of carbonyl (C=O) groups is 1. The summed E-state index contributed by atoms with van der Waals surface area (Å²) in [5.41, 5.74) is 0.622. The van der Waals surface area contributed by atoms with Gasteiger partial charge in [-0.15, -0.1) is 0 Å². The van der Waals surface area contributed by atoms with Gasteiger partial charge in [0.15, 0.2) is 5.76 Å². The summed E-state index contributed by atoms with van der Waals surface area (Å²) in [7, 11) is 0. The van der Waals surface area contributed by atoms with Crippen LogP contribution < -0.4 is 0 Å². The molecule has 0 radical (unpaired) electrons. The molecule has 2 rings (SSSR count). The average Bonchev–Trinajstić information content (AvgIpc) is 2.74. The van der Waals surface area contributed by atoms with E-state index in [4.69, 9.17) is 4.42 Å². The van der Waals surface area contributed by atoms with Crippen molar-refractivity contribution in [2.75, 3.05) is 0 Å². The highest BCUT2D eigenvalue weighted by atomic mass is 127. The van der Waals surface area contributed by atoms with Crippen LogP contribution in [-0.4, -0.2) is 5.78 Å². The van der Waals surface area contributed by atoms with E-state index < -0.39 is 0 Å². The van der Waals surface area contributed by atoms with Gasteiger partial charge in [0, 0.05) is 13.6 Å². The number of halogens is 2. The van der Waals surface area contributed by atoms with E-state index in [2.05, 4.69) is 38.5 Å². The normalized spacial score (nSPS) is 10.3. The van der Waals surface area contributed by atoms with Gasteiger partial charge in [-0.2, -0.15) is 0 Å². The lowest BCUT2D eigenvalue weighted by atomic mass is 10.1. The first kappa shape index (κ1) is 10.9. The van der Waals surface area contributed by atoms with Crippen molar-refractivity contribution in [3.05, 3.63) is 56.0 Å². The predicted octanol–water partition coefficient (Wildman–Crippen LogP) is 3.88. The standard InChI is InChI=1S/C11H6BrIO2/c12-9-4-3-7(13)6-8(9)11(14)10-2-1-5-15-10/h1-6H. The van der Waals surface area contributed by atoms with Crippen molar-refractivity contribution in [2.45, 2.75) is 0 Å². The SMILES string of the molecule is O=C(c1ccco1)c1cc(I)ccc1Br. The molecule has 1 aromatic carbocycles. The Bertz CT molecular complexity index is 491. The molecule has 0 saturated carbocycles. The molecule has 0 aliphatic rings. The van der Waals surface area contributed by atoms with Gasteiger partial charge in [-0.25, -0.2) is 0 Å². The largest absolute Gasteiger partial charge is 0.461 e. The Morgan fingerprint density at radius 1 is 1.33 bits per heavy atom. The Kier molecular flexibility index (Phi) is 3.25. The van der Waals surface area contributed by atoms with Gasteiger partial charge in [0.25, 0.3) is 0 Å². The monoisotopic (exact) mass is 376 g/mol. The summed E-state index contributed by atoms with van der Waals surface area (Å²) in [6, 6.07) is 8.99. The molecule has 4 heteroatoms. The Morgan fingerprint density at radius 3 is 2.80 bits per heavy atom. The van der Waals surface area contributed by atoms with Crippen molar-refractivity contribution in [3.8, 4) is 0 Å². The maximum atomic E-state index is 12.0. The van der Waals surface area contributed by atoms with E-state index >= 15 is 0 Å². The maximum absolute atomic E-state index is 12.0. The average molecular weight is 377 g/mol. The molecule has 2 nitrogen and oxygen atoms in total. The van der Waals surface area contributed by atoms with Crippen LogP contribution in [0.25, 0.3) is 0 Å². The topological polar surface area (TPSA) is 30.2 Å². The highest BCUT2D eigenvalue weighted by molar-refractivity contribution is 14.1. The van der Waals surface area contributed by atoms with Crippen LogP contribution in [0, 0.1) is 3.57 Å². The van der Waals surface area contributed by atoms with Crippen LogP contribution in [0.3, 0.4) is 0 Å². The van der Waals surface area contributed by atoms with Crippen LogP contribution in [0.5, 0.6) is 0 Å². The number of ketones is 1. The molecule has 0 N–H and O–H groups in total. The fourth-order valence-corrected chi connectivity index (χ4v) is 2.13.